The van der Waals surface area contributed by atoms with Crippen molar-refractivity contribution in [2.75, 3.05) is 36.4 Å². The fraction of sp³-hybridized carbons (Fsp3) is 0.316. The van der Waals surface area contributed by atoms with Gasteiger partial charge in [0.2, 0.25) is 5.91 Å². The number of anilines is 2. The van der Waals surface area contributed by atoms with E-state index >= 15 is 0 Å². The first-order valence-corrected chi connectivity index (χ1v) is 8.57. The summed E-state index contributed by atoms with van der Waals surface area (Å²) in [6, 6.07) is 16.1. The van der Waals surface area contributed by atoms with E-state index in [1.54, 1.807) is 0 Å². The number of hydrogen-bond donors (Lipinski definition) is 1. The smallest absolute Gasteiger partial charge is 0.221 e. The van der Waals surface area contributed by atoms with Gasteiger partial charge < -0.3 is 10.2 Å². The lowest BCUT2D eigenvalue weighted by Gasteiger charge is -2.36. The highest BCUT2D eigenvalue weighted by molar-refractivity contribution is 6.30. The van der Waals surface area contributed by atoms with Crippen LogP contribution in [0.25, 0.3) is 0 Å². The number of carbonyl (C=O) groups is 1. The van der Waals surface area contributed by atoms with Gasteiger partial charge in [-0.1, -0.05) is 23.7 Å². The van der Waals surface area contributed by atoms with Gasteiger partial charge in [0.25, 0.3) is 0 Å². The average molecular weight is 344 g/mol. The maximum Gasteiger partial charge on any atom is 0.221 e. The normalized spacial score (nSPS) is 15.3. The molecule has 126 valence electrons. The minimum absolute atomic E-state index is 0.0407. The van der Waals surface area contributed by atoms with Gasteiger partial charge >= 0.3 is 0 Å². The molecule has 1 heterocycles. The van der Waals surface area contributed by atoms with E-state index in [-0.39, 0.29) is 5.91 Å². The van der Waals surface area contributed by atoms with Crippen LogP contribution in [-0.4, -0.2) is 37.0 Å². The van der Waals surface area contributed by atoms with Gasteiger partial charge in [-0.25, -0.2) is 0 Å². The molecule has 1 aliphatic heterocycles. The molecule has 0 atom stereocenters. The molecule has 3 rings (SSSR count). The summed E-state index contributed by atoms with van der Waals surface area (Å²) < 4.78 is 0. The number of hydrogen-bond acceptors (Lipinski definition) is 3. The molecule has 5 heteroatoms. The third-order valence-corrected chi connectivity index (χ3v) is 4.50. The number of piperazine rings is 1. The molecule has 0 bridgehead atoms. The van der Waals surface area contributed by atoms with Crippen molar-refractivity contribution in [3.63, 3.8) is 0 Å². The average Bonchev–Trinajstić information content (AvgIpc) is 2.58. The SMILES string of the molecule is CC(=O)Nc1ccc(CN2CCN(c3ccc(Cl)cc3)CC2)cc1. The van der Waals surface area contributed by atoms with Crippen LogP contribution in [0.4, 0.5) is 11.4 Å². The third kappa shape index (κ3) is 4.49. The molecule has 2 aromatic carbocycles. The zero-order valence-corrected chi connectivity index (χ0v) is 14.6. The largest absolute Gasteiger partial charge is 0.369 e. The van der Waals surface area contributed by atoms with Gasteiger partial charge in [-0.15, -0.1) is 0 Å². The van der Waals surface area contributed by atoms with Crippen LogP contribution in [0, 0.1) is 0 Å². The number of nitrogens with one attached hydrogen (secondary N) is 1. The molecule has 0 aliphatic carbocycles. The van der Waals surface area contributed by atoms with Crippen LogP contribution < -0.4 is 10.2 Å². The van der Waals surface area contributed by atoms with Crippen molar-refractivity contribution in [2.45, 2.75) is 13.5 Å². The Balaban J connectivity index is 1.51. The second-order valence-electron chi connectivity index (χ2n) is 6.12. The Kier molecular flexibility index (Phi) is 5.38. The Morgan fingerprint density at radius 2 is 1.62 bits per heavy atom. The van der Waals surface area contributed by atoms with Crippen LogP contribution in [-0.2, 0) is 11.3 Å². The van der Waals surface area contributed by atoms with Crippen LogP contribution in [0.3, 0.4) is 0 Å². The topological polar surface area (TPSA) is 35.6 Å². The summed E-state index contributed by atoms with van der Waals surface area (Å²) in [6.07, 6.45) is 0. The summed E-state index contributed by atoms with van der Waals surface area (Å²) >= 11 is 5.95. The van der Waals surface area contributed by atoms with Crippen molar-refractivity contribution >= 4 is 28.9 Å². The summed E-state index contributed by atoms with van der Waals surface area (Å²) in [7, 11) is 0. The van der Waals surface area contributed by atoms with Crippen molar-refractivity contribution in [2.24, 2.45) is 0 Å². The monoisotopic (exact) mass is 343 g/mol. The van der Waals surface area contributed by atoms with Crippen LogP contribution in [0.2, 0.25) is 5.02 Å². The molecule has 1 saturated heterocycles. The van der Waals surface area contributed by atoms with Gasteiger partial charge in [0.15, 0.2) is 0 Å². The molecule has 0 aromatic heterocycles. The summed E-state index contributed by atoms with van der Waals surface area (Å²) in [5.41, 5.74) is 3.35. The second-order valence-corrected chi connectivity index (χ2v) is 6.55. The number of benzene rings is 2. The van der Waals surface area contributed by atoms with E-state index < -0.39 is 0 Å². The van der Waals surface area contributed by atoms with Crippen molar-refractivity contribution in [1.29, 1.82) is 0 Å². The summed E-state index contributed by atoms with van der Waals surface area (Å²) in [5, 5.41) is 3.57. The molecule has 4 nitrogen and oxygen atoms in total. The van der Waals surface area contributed by atoms with Gasteiger partial charge in [0, 0.05) is 56.0 Å². The highest BCUT2D eigenvalue weighted by atomic mass is 35.5. The quantitative estimate of drug-likeness (QED) is 0.921. The molecular formula is C19H22ClN3O. The van der Waals surface area contributed by atoms with Gasteiger partial charge in [-0.05, 0) is 42.0 Å². The molecule has 24 heavy (non-hydrogen) atoms. The number of carbonyl (C=O) groups excluding carboxylic acids is 1. The first-order chi connectivity index (χ1) is 11.6. The minimum Gasteiger partial charge on any atom is -0.369 e. The van der Waals surface area contributed by atoms with Crippen molar-refractivity contribution < 1.29 is 4.79 Å². The van der Waals surface area contributed by atoms with Crippen molar-refractivity contribution in [3.8, 4) is 0 Å². The lowest BCUT2D eigenvalue weighted by molar-refractivity contribution is -0.114. The lowest BCUT2D eigenvalue weighted by atomic mass is 10.1. The Hall–Kier alpha value is -2.04. The second kappa shape index (κ2) is 7.69. The van der Waals surface area contributed by atoms with Gasteiger partial charge in [-0.2, -0.15) is 0 Å². The predicted molar refractivity (Wildman–Crippen MR) is 99.7 cm³/mol. The van der Waals surface area contributed by atoms with Crippen LogP contribution in [0.15, 0.2) is 48.5 Å². The molecule has 1 amide bonds. The van der Waals surface area contributed by atoms with Crippen LogP contribution in [0.1, 0.15) is 12.5 Å². The van der Waals surface area contributed by atoms with E-state index in [4.69, 9.17) is 11.6 Å². The maximum atomic E-state index is 11.0. The summed E-state index contributed by atoms with van der Waals surface area (Å²) in [4.78, 5) is 15.9. The maximum absolute atomic E-state index is 11.0. The fourth-order valence-electron chi connectivity index (χ4n) is 2.97. The minimum atomic E-state index is -0.0407. The Morgan fingerprint density at radius 1 is 1.00 bits per heavy atom. The summed E-state index contributed by atoms with van der Waals surface area (Å²) in [5.74, 6) is -0.0407. The molecule has 0 spiro atoms. The highest BCUT2D eigenvalue weighted by Gasteiger charge is 2.17. The van der Waals surface area contributed by atoms with E-state index in [1.807, 2.05) is 24.3 Å². The zero-order valence-electron chi connectivity index (χ0n) is 13.8. The van der Waals surface area contributed by atoms with E-state index in [0.29, 0.717) is 0 Å². The summed E-state index contributed by atoms with van der Waals surface area (Å²) in [6.45, 7) is 6.58. The molecule has 0 saturated carbocycles. The number of nitrogens with zero attached hydrogens (tertiary/aromatic N) is 2. The molecule has 0 radical (unpaired) electrons. The van der Waals surface area contributed by atoms with E-state index in [9.17, 15) is 4.79 Å². The Morgan fingerprint density at radius 3 is 2.21 bits per heavy atom. The Labute approximate surface area is 148 Å². The zero-order chi connectivity index (χ0) is 16.9. The standard InChI is InChI=1S/C19H22ClN3O/c1-15(24)21-18-6-2-16(3-7-18)14-22-10-12-23(13-11-22)19-8-4-17(20)5-9-19/h2-9H,10-14H2,1H3,(H,21,24). The molecule has 1 fully saturated rings. The fourth-order valence-corrected chi connectivity index (χ4v) is 3.10. The Bertz CT molecular complexity index is 677. The van der Waals surface area contributed by atoms with Crippen molar-refractivity contribution in [3.05, 3.63) is 59.1 Å². The lowest BCUT2D eigenvalue weighted by Crippen LogP contribution is -2.45. The van der Waals surface area contributed by atoms with Crippen LogP contribution >= 0.6 is 11.6 Å². The van der Waals surface area contributed by atoms with E-state index in [2.05, 4.69) is 39.4 Å². The highest BCUT2D eigenvalue weighted by Crippen LogP contribution is 2.20. The van der Waals surface area contributed by atoms with Crippen molar-refractivity contribution in [1.82, 2.24) is 4.90 Å². The molecular weight excluding hydrogens is 322 g/mol. The molecule has 1 N–H and O–H groups in total. The number of halogens is 1. The first kappa shape index (κ1) is 16.8. The van der Waals surface area contributed by atoms with E-state index in [0.717, 1.165) is 43.4 Å². The molecule has 1 aliphatic rings. The third-order valence-electron chi connectivity index (χ3n) is 4.24. The number of amides is 1. The van der Waals surface area contributed by atoms with Gasteiger partial charge in [-0.3, -0.25) is 9.69 Å². The van der Waals surface area contributed by atoms with E-state index in [1.165, 1.54) is 18.2 Å². The predicted octanol–water partition coefficient (Wildman–Crippen LogP) is 3.62. The number of rotatable bonds is 4. The van der Waals surface area contributed by atoms with Crippen LogP contribution in [0.5, 0.6) is 0 Å². The van der Waals surface area contributed by atoms with Gasteiger partial charge in [0.1, 0.15) is 0 Å². The first-order valence-electron chi connectivity index (χ1n) is 8.19. The van der Waals surface area contributed by atoms with Gasteiger partial charge in [0.05, 0.1) is 0 Å². The molecule has 2 aromatic rings. The molecule has 0 unspecified atom stereocenters.